The van der Waals surface area contributed by atoms with E-state index in [2.05, 4.69) is 15.0 Å². The average molecular weight is 290 g/mol. The number of hydrogen-bond acceptors (Lipinski definition) is 6. The molecule has 0 unspecified atom stereocenters. The normalized spacial score (nSPS) is 15.4. The number of carboxylic acid groups (broad SMARTS) is 1. The molecule has 110 valence electrons. The first-order chi connectivity index (χ1) is 10.1. The summed E-state index contributed by atoms with van der Waals surface area (Å²) in [5.41, 5.74) is 0.203. The van der Waals surface area contributed by atoms with Crippen molar-refractivity contribution in [3.63, 3.8) is 0 Å². The van der Waals surface area contributed by atoms with Crippen LogP contribution in [0.4, 0.5) is 5.95 Å². The molecule has 0 radical (unpaired) electrons. The lowest BCUT2D eigenvalue weighted by atomic mass is 10.1. The Morgan fingerprint density at radius 2 is 2.10 bits per heavy atom. The van der Waals surface area contributed by atoms with E-state index in [1.54, 1.807) is 6.92 Å². The number of hydrogen-bond donors (Lipinski definition) is 2. The molecule has 1 fully saturated rings. The molecule has 1 aliphatic rings. The van der Waals surface area contributed by atoms with Crippen LogP contribution in [0, 0.1) is 6.92 Å². The highest BCUT2D eigenvalue weighted by atomic mass is 16.5. The number of aromatic nitrogens is 3. The first-order valence-electron chi connectivity index (χ1n) is 6.54. The van der Waals surface area contributed by atoms with Crippen LogP contribution in [0.15, 0.2) is 10.9 Å². The first kappa shape index (κ1) is 13.5. The van der Waals surface area contributed by atoms with Crippen molar-refractivity contribution in [3.05, 3.63) is 27.7 Å². The van der Waals surface area contributed by atoms with E-state index in [1.807, 2.05) is 4.90 Å². The van der Waals surface area contributed by atoms with Crippen molar-refractivity contribution < 1.29 is 14.6 Å². The molecule has 3 heterocycles. The van der Waals surface area contributed by atoms with E-state index < -0.39 is 11.5 Å². The van der Waals surface area contributed by atoms with Crippen LogP contribution in [0.25, 0.3) is 11.0 Å². The van der Waals surface area contributed by atoms with Crippen molar-refractivity contribution in [2.45, 2.75) is 6.92 Å². The van der Waals surface area contributed by atoms with Gasteiger partial charge in [0.05, 0.1) is 29.9 Å². The minimum Gasteiger partial charge on any atom is -0.478 e. The van der Waals surface area contributed by atoms with Gasteiger partial charge in [-0.3, -0.25) is 9.78 Å². The Balaban J connectivity index is 2.13. The molecule has 1 saturated heterocycles. The Bertz CT molecular complexity index is 765. The molecule has 3 rings (SSSR count). The van der Waals surface area contributed by atoms with Gasteiger partial charge in [0.25, 0.3) is 5.56 Å². The van der Waals surface area contributed by atoms with Gasteiger partial charge in [-0.2, -0.15) is 4.98 Å². The number of aromatic amines is 1. The second-order valence-electron chi connectivity index (χ2n) is 4.79. The number of carboxylic acids is 1. The summed E-state index contributed by atoms with van der Waals surface area (Å²) in [4.78, 5) is 36.3. The third-order valence-electron chi connectivity index (χ3n) is 3.42. The molecule has 0 atom stereocenters. The lowest BCUT2D eigenvalue weighted by Crippen LogP contribution is -2.38. The second kappa shape index (κ2) is 5.13. The van der Waals surface area contributed by atoms with Gasteiger partial charge in [0.2, 0.25) is 5.95 Å². The Kier molecular flexibility index (Phi) is 3.30. The molecule has 8 heteroatoms. The Labute approximate surface area is 119 Å². The van der Waals surface area contributed by atoms with Gasteiger partial charge in [0, 0.05) is 13.1 Å². The summed E-state index contributed by atoms with van der Waals surface area (Å²) >= 11 is 0. The number of H-pyrrole nitrogens is 1. The molecule has 0 aliphatic carbocycles. The number of nitrogens with zero attached hydrogens (tertiary/aromatic N) is 3. The van der Waals surface area contributed by atoms with E-state index in [1.165, 1.54) is 6.07 Å². The molecule has 1 aliphatic heterocycles. The number of rotatable bonds is 2. The summed E-state index contributed by atoms with van der Waals surface area (Å²) in [6.45, 7) is 4.01. The van der Waals surface area contributed by atoms with Crippen molar-refractivity contribution >= 4 is 23.0 Å². The molecule has 2 aromatic rings. The van der Waals surface area contributed by atoms with Gasteiger partial charge in [-0.1, -0.05) is 0 Å². The quantitative estimate of drug-likeness (QED) is 0.811. The standard InChI is InChI=1S/C13H14N4O4/c1-7-8(12(19)20)6-9-10(14-7)15-13(16-11(9)18)17-2-4-21-5-3-17/h6H,2-5H2,1H3,(H,19,20)(H,14,15,16,18). The van der Waals surface area contributed by atoms with E-state index >= 15 is 0 Å². The van der Waals surface area contributed by atoms with E-state index in [0.717, 1.165) is 0 Å². The molecule has 0 saturated carbocycles. The van der Waals surface area contributed by atoms with Crippen LogP contribution >= 0.6 is 0 Å². The maximum atomic E-state index is 12.1. The van der Waals surface area contributed by atoms with Crippen molar-refractivity contribution in [1.82, 2.24) is 15.0 Å². The van der Waals surface area contributed by atoms with E-state index in [4.69, 9.17) is 9.84 Å². The number of ether oxygens (including phenoxy) is 1. The Morgan fingerprint density at radius 3 is 2.76 bits per heavy atom. The van der Waals surface area contributed by atoms with Gasteiger partial charge < -0.3 is 14.7 Å². The topological polar surface area (TPSA) is 108 Å². The molecule has 8 nitrogen and oxygen atoms in total. The number of pyridine rings is 1. The average Bonchev–Trinajstić information content (AvgIpc) is 2.47. The molecule has 0 amide bonds. The van der Waals surface area contributed by atoms with Gasteiger partial charge in [-0.15, -0.1) is 0 Å². The van der Waals surface area contributed by atoms with Gasteiger partial charge >= 0.3 is 5.97 Å². The second-order valence-corrected chi connectivity index (χ2v) is 4.79. The maximum absolute atomic E-state index is 12.1. The van der Waals surface area contributed by atoms with Crippen LogP contribution in [0.5, 0.6) is 0 Å². The molecule has 0 spiro atoms. The number of fused-ring (bicyclic) bond motifs is 1. The molecular weight excluding hydrogens is 276 g/mol. The van der Waals surface area contributed by atoms with Crippen LogP contribution < -0.4 is 10.5 Å². The third kappa shape index (κ3) is 2.45. The molecular formula is C13H14N4O4. The smallest absolute Gasteiger partial charge is 0.337 e. The number of nitrogens with one attached hydrogen (secondary N) is 1. The van der Waals surface area contributed by atoms with Gasteiger partial charge in [0.15, 0.2) is 5.65 Å². The van der Waals surface area contributed by atoms with E-state index in [-0.39, 0.29) is 16.6 Å². The predicted octanol–water partition coefficient (Wildman–Crippen LogP) is 0.161. The Hall–Kier alpha value is -2.48. The molecule has 2 aromatic heterocycles. The Morgan fingerprint density at radius 1 is 1.38 bits per heavy atom. The molecule has 2 N–H and O–H groups in total. The number of aromatic carboxylic acids is 1. The molecule has 0 aromatic carbocycles. The maximum Gasteiger partial charge on any atom is 0.337 e. The summed E-state index contributed by atoms with van der Waals surface area (Å²) in [6, 6.07) is 1.31. The lowest BCUT2D eigenvalue weighted by Gasteiger charge is -2.27. The highest BCUT2D eigenvalue weighted by Gasteiger charge is 2.17. The predicted molar refractivity (Wildman–Crippen MR) is 74.9 cm³/mol. The van der Waals surface area contributed by atoms with Crippen molar-refractivity contribution in [2.24, 2.45) is 0 Å². The number of aryl methyl sites for hydroxylation is 1. The monoisotopic (exact) mass is 290 g/mol. The molecule has 21 heavy (non-hydrogen) atoms. The summed E-state index contributed by atoms with van der Waals surface area (Å²) in [5.74, 6) is -0.677. The third-order valence-corrected chi connectivity index (χ3v) is 3.42. The SMILES string of the molecule is Cc1nc2nc(N3CCOCC3)[nH]c(=O)c2cc1C(=O)O. The van der Waals surface area contributed by atoms with Gasteiger partial charge in [0.1, 0.15) is 0 Å². The van der Waals surface area contributed by atoms with Crippen molar-refractivity contribution in [2.75, 3.05) is 31.2 Å². The van der Waals surface area contributed by atoms with Gasteiger partial charge in [-0.05, 0) is 13.0 Å². The minimum atomic E-state index is -1.11. The highest BCUT2D eigenvalue weighted by molar-refractivity contribution is 5.93. The zero-order valence-corrected chi connectivity index (χ0v) is 11.4. The zero-order valence-electron chi connectivity index (χ0n) is 11.4. The van der Waals surface area contributed by atoms with Crippen LogP contribution in [-0.4, -0.2) is 52.3 Å². The van der Waals surface area contributed by atoms with Crippen LogP contribution in [0.2, 0.25) is 0 Å². The summed E-state index contributed by atoms with van der Waals surface area (Å²) in [6.07, 6.45) is 0. The van der Waals surface area contributed by atoms with Crippen molar-refractivity contribution in [3.8, 4) is 0 Å². The summed E-state index contributed by atoms with van der Waals surface area (Å²) in [5, 5.41) is 9.26. The van der Waals surface area contributed by atoms with Crippen LogP contribution in [-0.2, 0) is 4.74 Å². The first-order valence-corrected chi connectivity index (χ1v) is 6.54. The fourth-order valence-corrected chi connectivity index (χ4v) is 2.28. The summed E-state index contributed by atoms with van der Waals surface area (Å²) < 4.78 is 5.26. The van der Waals surface area contributed by atoms with Crippen molar-refractivity contribution in [1.29, 1.82) is 0 Å². The summed E-state index contributed by atoms with van der Waals surface area (Å²) in [7, 11) is 0. The highest BCUT2D eigenvalue weighted by Crippen LogP contribution is 2.15. The van der Waals surface area contributed by atoms with Crippen LogP contribution in [0.1, 0.15) is 16.1 Å². The molecule has 0 bridgehead atoms. The van der Waals surface area contributed by atoms with Crippen LogP contribution in [0.3, 0.4) is 0 Å². The number of morpholine rings is 1. The zero-order chi connectivity index (χ0) is 15.0. The van der Waals surface area contributed by atoms with E-state index in [9.17, 15) is 9.59 Å². The number of carbonyl (C=O) groups is 1. The minimum absolute atomic E-state index is 0.00826. The van der Waals surface area contributed by atoms with Gasteiger partial charge in [-0.25, -0.2) is 9.78 Å². The van der Waals surface area contributed by atoms with E-state index in [0.29, 0.717) is 37.9 Å². The largest absolute Gasteiger partial charge is 0.478 e. The number of anilines is 1. The fourth-order valence-electron chi connectivity index (χ4n) is 2.28. The lowest BCUT2D eigenvalue weighted by molar-refractivity contribution is 0.0696. The fraction of sp³-hybridized carbons (Fsp3) is 0.385.